The van der Waals surface area contributed by atoms with Gasteiger partial charge in [0.15, 0.2) is 0 Å². The van der Waals surface area contributed by atoms with Crippen molar-refractivity contribution in [3.63, 3.8) is 0 Å². The van der Waals surface area contributed by atoms with Gasteiger partial charge in [-0.2, -0.15) is 0 Å². The number of carbonyl (C=O) groups excluding carboxylic acids is 3. The van der Waals surface area contributed by atoms with E-state index < -0.39 is 39.4 Å². The van der Waals surface area contributed by atoms with Gasteiger partial charge in [-0.25, -0.2) is 0 Å². The minimum atomic E-state index is -0.926. The lowest BCUT2D eigenvalue weighted by atomic mass is 9.66. The molecule has 222 valence electrons. The summed E-state index contributed by atoms with van der Waals surface area (Å²) in [5.74, 6) is -2.48. The average Bonchev–Trinajstić information content (AvgIpc) is 3.56. The molecule has 0 saturated carbocycles. The number of aliphatic hydroxyl groups excluding tert-OH is 1. The summed E-state index contributed by atoms with van der Waals surface area (Å²) >= 11 is 8.15. The number of rotatable bonds is 12. The van der Waals surface area contributed by atoms with Crippen molar-refractivity contribution in [2.45, 2.75) is 54.2 Å². The van der Waals surface area contributed by atoms with Crippen LogP contribution in [0.4, 0.5) is 5.69 Å². The maximum absolute atomic E-state index is 14.8. The number of aliphatic hydroxyl groups is 1. The van der Waals surface area contributed by atoms with Crippen LogP contribution < -0.4 is 4.90 Å². The molecule has 3 saturated heterocycles. The molecule has 7 nitrogen and oxygen atoms in total. The van der Waals surface area contributed by atoms with Crippen molar-refractivity contribution in [2.24, 2.45) is 11.8 Å². The number of fused-ring (bicyclic) bond motifs is 1. The second kappa shape index (κ2) is 12.3. The van der Waals surface area contributed by atoms with Crippen LogP contribution >= 0.6 is 23.4 Å². The van der Waals surface area contributed by atoms with E-state index in [1.165, 1.54) is 0 Å². The molecule has 2 unspecified atom stereocenters. The molecular weight excluding hydrogens is 572 g/mol. The number of benzene rings is 2. The van der Waals surface area contributed by atoms with Gasteiger partial charge in [0, 0.05) is 11.3 Å². The molecule has 0 aromatic heterocycles. The summed E-state index contributed by atoms with van der Waals surface area (Å²) in [5, 5.41) is 11.1. The maximum atomic E-state index is 14.8. The Kier molecular flexibility index (Phi) is 8.88. The maximum Gasteiger partial charge on any atom is 0.311 e. The van der Waals surface area contributed by atoms with E-state index in [9.17, 15) is 19.5 Å². The van der Waals surface area contributed by atoms with Crippen molar-refractivity contribution >= 4 is 46.8 Å². The first-order valence-electron chi connectivity index (χ1n) is 14.3. The highest BCUT2D eigenvalue weighted by molar-refractivity contribution is 8.02. The van der Waals surface area contributed by atoms with Crippen molar-refractivity contribution in [1.82, 2.24) is 4.90 Å². The molecule has 9 heteroatoms. The number of carbonyl (C=O) groups is 3. The molecule has 0 radical (unpaired) electrons. The normalized spacial score (nSPS) is 28.3. The summed E-state index contributed by atoms with van der Waals surface area (Å²) in [6.45, 7) is 9.60. The van der Waals surface area contributed by atoms with Crippen LogP contribution in [0.2, 0.25) is 5.02 Å². The number of para-hydroxylation sites is 1. The smallest absolute Gasteiger partial charge is 0.311 e. The first-order valence-corrected chi connectivity index (χ1v) is 15.5. The van der Waals surface area contributed by atoms with Crippen molar-refractivity contribution in [3.05, 3.63) is 90.5 Å². The van der Waals surface area contributed by atoms with Crippen molar-refractivity contribution < 1.29 is 24.2 Å². The van der Waals surface area contributed by atoms with E-state index in [2.05, 4.69) is 13.2 Å². The quantitative estimate of drug-likeness (QED) is 0.206. The van der Waals surface area contributed by atoms with Crippen LogP contribution in [-0.4, -0.2) is 69.1 Å². The molecule has 5 rings (SSSR count). The molecule has 2 aromatic carbocycles. The molecule has 1 N–H and O–H groups in total. The van der Waals surface area contributed by atoms with E-state index in [0.717, 1.165) is 5.56 Å². The summed E-state index contributed by atoms with van der Waals surface area (Å²) in [6.07, 6.45) is 5.43. The highest BCUT2D eigenvalue weighted by Crippen LogP contribution is 2.72. The van der Waals surface area contributed by atoms with Gasteiger partial charge in [-0.05, 0) is 50.3 Å². The fourth-order valence-corrected chi connectivity index (χ4v) is 9.68. The van der Waals surface area contributed by atoms with Crippen LogP contribution in [0.1, 0.15) is 31.7 Å². The molecule has 2 bridgehead atoms. The molecule has 42 heavy (non-hydrogen) atoms. The van der Waals surface area contributed by atoms with Gasteiger partial charge in [0.25, 0.3) is 5.91 Å². The largest absolute Gasteiger partial charge is 0.465 e. The summed E-state index contributed by atoms with van der Waals surface area (Å²) in [6, 6.07) is 15.1. The lowest BCUT2D eigenvalue weighted by Crippen LogP contribution is -2.58. The number of halogens is 1. The van der Waals surface area contributed by atoms with Gasteiger partial charge in [0.05, 0.1) is 46.5 Å². The Hall–Kier alpha value is -3.07. The van der Waals surface area contributed by atoms with Crippen LogP contribution in [0.5, 0.6) is 0 Å². The van der Waals surface area contributed by atoms with E-state index in [4.69, 9.17) is 16.3 Å². The van der Waals surface area contributed by atoms with E-state index >= 15 is 0 Å². The second-order valence-electron chi connectivity index (χ2n) is 11.4. The van der Waals surface area contributed by atoms with Gasteiger partial charge < -0.3 is 19.6 Å². The number of hydrogen-bond acceptors (Lipinski definition) is 6. The zero-order chi connectivity index (χ0) is 30.1. The highest BCUT2D eigenvalue weighted by atomic mass is 35.5. The predicted molar refractivity (Wildman–Crippen MR) is 166 cm³/mol. The first kappa shape index (κ1) is 30.4. The number of nitrogens with zero attached hydrogens (tertiary/aromatic N) is 2. The number of hydrogen-bond donors (Lipinski definition) is 1. The molecule has 3 fully saturated rings. The van der Waals surface area contributed by atoms with E-state index in [1.54, 1.807) is 58.0 Å². The third kappa shape index (κ3) is 5.07. The number of thioether (sulfide) groups is 1. The molecule has 2 aromatic rings. The van der Waals surface area contributed by atoms with Crippen molar-refractivity contribution in [2.75, 3.05) is 24.7 Å². The minimum absolute atomic E-state index is 0.180. The molecule has 3 aliphatic heterocycles. The summed E-state index contributed by atoms with van der Waals surface area (Å²) < 4.78 is 4.23. The monoisotopic (exact) mass is 608 g/mol. The van der Waals surface area contributed by atoms with Crippen molar-refractivity contribution in [1.29, 1.82) is 0 Å². The van der Waals surface area contributed by atoms with Gasteiger partial charge in [-0.1, -0.05) is 66.2 Å². The summed E-state index contributed by atoms with van der Waals surface area (Å²) in [7, 11) is 0. The first-order chi connectivity index (χ1) is 20.2. The molecule has 3 heterocycles. The van der Waals surface area contributed by atoms with Crippen LogP contribution in [0.3, 0.4) is 0 Å². The average molecular weight is 609 g/mol. The zero-order valence-corrected chi connectivity index (χ0v) is 25.4. The van der Waals surface area contributed by atoms with Gasteiger partial charge in [-0.15, -0.1) is 24.9 Å². The topological polar surface area (TPSA) is 87.1 Å². The van der Waals surface area contributed by atoms with Gasteiger partial charge >= 0.3 is 5.97 Å². The second-order valence-corrected chi connectivity index (χ2v) is 13.7. The number of amides is 2. The number of anilines is 1. The SMILES string of the molecule is C=CCCOC(=O)[C@H]1[C@H]2C(=O)N([C@@H](CO)Cc3ccccc3)C(C(=O)N(CC=C)c3ccccc3Cl)C23CC[C@]1(C)S3. The number of esters is 1. The fourth-order valence-electron chi connectivity index (χ4n) is 7.12. The van der Waals surface area contributed by atoms with E-state index in [-0.39, 0.29) is 31.6 Å². The Morgan fingerprint density at radius 2 is 1.88 bits per heavy atom. The number of likely N-dealkylation sites (tertiary alicyclic amines) is 1. The standard InChI is InChI=1S/C33H37ClN2O5S/c1-4-6-19-41-31(40)27-26-29(38)36(23(21-37)20-22-12-8-7-9-13-22)28(33(26)17-16-32(27,3)42-33)30(39)35(18-5-2)25-15-11-10-14-24(25)34/h4-5,7-15,23,26-28,37H,1-2,6,16-21H2,3H3/t23-,26+,27-,28?,32+,33?/m1/s1. The Balaban J connectivity index is 1.61. The lowest BCUT2D eigenvalue weighted by molar-refractivity contribution is -0.156. The molecule has 1 spiro atoms. The number of ether oxygens (including phenoxy) is 1. The molecular formula is C33H37ClN2O5S. The van der Waals surface area contributed by atoms with E-state index in [0.29, 0.717) is 36.4 Å². The third-order valence-corrected chi connectivity index (χ3v) is 11.2. The van der Waals surface area contributed by atoms with Crippen LogP contribution in [-0.2, 0) is 25.5 Å². The summed E-state index contributed by atoms with van der Waals surface area (Å²) in [5.41, 5.74) is 1.45. The Bertz CT molecular complexity index is 1370. The van der Waals surface area contributed by atoms with Gasteiger partial charge in [-0.3, -0.25) is 14.4 Å². The Morgan fingerprint density at radius 1 is 1.17 bits per heavy atom. The molecule has 3 aliphatic rings. The molecule has 0 aliphatic carbocycles. The van der Waals surface area contributed by atoms with Crippen molar-refractivity contribution in [3.8, 4) is 0 Å². The van der Waals surface area contributed by atoms with Gasteiger partial charge in [0.2, 0.25) is 5.91 Å². The predicted octanol–water partition coefficient (Wildman–Crippen LogP) is 5.06. The van der Waals surface area contributed by atoms with Crippen LogP contribution in [0, 0.1) is 11.8 Å². The van der Waals surface area contributed by atoms with Gasteiger partial charge in [0.1, 0.15) is 6.04 Å². The Morgan fingerprint density at radius 3 is 2.55 bits per heavy atom. The Labute approximate surface area is 256 Å². The minimum Gasteiger partial charge on any atom is -0.465 e. The molecule has 2 amide bonds. The molecule has 6 atom stereocenters. The highest BCUT2D eigenvalue weighted by Gasteiger charge is 2.78. The van der Waals surface area contributed by atoms with Crippen LogP contribution in [0.15, 0.2) is 79.9 Å². The van der Waals surface area contributed by atoms with Crippen LogP contribution in [0.25, 0.3) is 0 Å². The zero-order valence-electron chi connectivity index (χ0n) is 23.8. The van der Waals surface area contributed by atoms with E-state index in [1.807, 2.05) is 37.3 Å². The fraction of sp³-hybridized carbons (Fsp3) is 0.424. The third-order valence-electron chi connectivity index (χ3n) is 8.91. The lowest BCUT2D eigenvalue weighted by Gasteiger charge is -2.39. The summed E-state index contributed by atoms with van der Waals surface area (Å²) in [4.78, 5) is 46.2.